The van der Waals surface area contributed by atoms with E-state index in [1.807, 2.05) is 37.4 Å². The number of ether oxygens (including phenoxy) is 1. The van der Waals surface area contributed by atoms with Crippen LogP contribution in [-0.4, -0.2) is 20.7 Å². The van der Waals surface area contributed by atoms with Crippen LogP contribution in [0.1, 0.15) is 16.6 Å². The number of carbonyl (C=O) groups is 1. The first-order valence-electron chi connectivity index (χ1n) is 10.0. The number of amides is 1. The van der Waals surface area contributed by atoms with E-state index < -0.39 is 5.25 Å². The molecule has 0 saturated heterocycles. The van der Waals surface area contributed by atoms with E-state index >= 15 is 0 Å². The predicted molar refractivity (Wildman–Crippen MR) is 127 cm³/mol. The molecule has 0 bridgehead atoms. The summed E-state index contributed by atoms with van der Waals surface area (Å²) in [7, 11) is 1.82. The quantitative estimate of drug-likeness (QED) is 0.328. The Morgan fingerprint density at radius 1 is 1.06 bits per heavy atom. The second kappa shape index (κ2) is 10.5. The topological polar surface area (TPSA) is 69.0 Å². The van der Waals surface area contributed by atoms with Gasteiger partial charge < -0.3 is 14.6 Å². The molecule has 0 unspecified atom stereocenters. The molecule has 4 rings (SSSR count). The molecule has 3 aromatic carbocycles. The molecule has 1 N–H and O–H groups in total. The number of hydrogen-bond acceptors (Lipinski definition) is 5. The highest BCUT2D eigenvalue weighted by molar-refractivity contribution is 8.00. The summed E-state index contributed by atoms with van der Waals surface area (Å²) < 4.78 is 20.8. The Morgan fingerprint density at radius 3 is 2.45 bits per heavy atom. The minimum Gasteiger partial charge on any atom is -0.486 e. The SMILES string of the molecule is Cn1c(COc2ccc(Cl)cc2)nnc1S[C@@H](C(=O)Nc1ccc(F)cc1)c1ccccc1. The summed E-state index contributed by atoms with van der Waals surface area (Å²) in [6, 6.07) is 22.1. The van der Waals surface area contributed by atoms with Crippen molar-refractivity contribution in [1.29, 1.82) is 0 Å². The van der Waals surface area contributed by atoms with Crippen LogP contribution in [0.3, 0.4) is 0 Å². The molecule has 168 valence electrons. The molecule has 4 aromatic rings. The van der Waals surface area contributed by atoms with Crippen molar-refractivity contribution in [3.05, 3.63) is 101 Å². The fourth-order valence-corrected chi connectivity index (χ4v) is 4.15. The van der Waals surface area contributed by atoms with E-state index in [4.69, 9.17) is 16.3 Å². The van der Waals surface area contributed by atoms with Gasteiger partial charge in [0.1, 0.15) is 23.4 Å². The number of nitrogens with one attached hydrogen (secondary N) is 1. The van der Waals surface area contributed by atoms with Crippen LogP contribution in [0, 0.1) is 5.82 Å². The van der Waals surface area contributed by atoms with E-state index in [0.29, 0.717) is 27.4 Å². The normalized spacial score (nSPS) is 11.7. The first kappa shape index (κ1) is 22.8. The van der Waals surface area contributed by atoms with E-state index in [1.54, 1.807) is 28.8 Å². The van der Waals surface area contributed by atoms with Crippen LogP contribution in [0.25, 0.3) is 0 Å². The second-order valence-corrected chi connectivity index (χ2v) is 8.61. The minimum atomic E-state index is -0.593. The standard InChI is InChI=1S/C24H20ClFN4O2S/c1-30-21(15-32-20-13-7-17(25)8-14-20)28-29-24(30)33-22(16-5-3-2-4-6-16)23(31)27-19-11-9-18(26)10-12-19/h2-14,22H,15H2,1H3,(H,27,31)/t22-/m1/s1. The summed E-state index contributed by atoms with van der Waals surface area (Å²) >= 11 is 7.18. The molecular formula is C24H20ClFN4O2S. The lowest BCUT2D eigenvalue weighted by Gasteiger charge is -2.16. The molecule has 0 fully saturated rings. The third-order valence-electron chi connectivity index (χ3n) is 4.78. The number of carbonyl (C=O) groups excluding carboxylic acids is 1. The minimum absolute atomic E-state index is 0.212. The smallest absolute Gasteiger partial charge is 0.242 e. The van der Waals surface area contributed by atoms with Crippen molar-refractivity contribution in [3.8, 4) is 5.75 Å². The zero-order valence-electron chi connectivity index (χ0n) is 17.6. The molecule has 0 saturated carbocycles. The molecule has 0 aliphatic carbocycles. The first-order valence-corrected chi connectivity index (χ1v) is 11.3. The Labute approximate surface area is 199 Å². The summed E-state index contributed by atoms with van der Waals surface area (Å²) in [6.45, 7) is 0.212. The number of benzene rings is 3. The van der Waals surface area contributed by atoms with Crippen molar-refractivity contribution in [1.82, 2.24) is 14.8 Å². The van der Waals surface area contributed by atoms with Gasteiger partial charge in [0.15, 0.2) is 11.0 Å². The Hall–Kier alpha value is -3.36. The number of halogens is 2. The number of aromatic nitrogens is 3. The van der Waals surface area contributed by atoms with E-state index in [9.17, 15) is 9.18 Å². The monoisotopic (exact) mass is 482 g/mol. The van der Waals surface area contributed by atoms with Crippen molar-refractivity contribution in [3.63, 3.8) is 0 Å². The van der Waals surface area contributed by atoms with Gasteiger partial charge in [0, 0.05) is 17.8 Å². The van der Waals surface area contributed by atoms with Crippen LogP contribution in [0.2, 0.25) is 5.02 Å². The van der Waals surface area contributed by atoms with Gasteiger partial charge in [-0.3, -0.25) is 4.79 Å². The van der Waals surface area contributed by atoms with Gasteiger partial charge in [-0.25, -0.2) is 4.39 Å². The Bertz CT molecular complexity index is 1220. The van der Waals surface area contributed by atoms with Crippen molar-refractivity contribution in [2.45, 2.75) is 17.0 Å². The molecule has 6 nitrogen and oxygen atoms in total. The van der Waals surface area contributed by atoms with Crippen molar-refractivity contribution >= 4 is 35.0 Å². The lowest BCUT2D eigenvalue weighted by atomic mass is 10.1. The zero-order valence-corrected chi connectivity index (χ0v) is 19.2. The second-order valence-electron chi connectivity index (χ2n) is 7.11. The highest BCUT2D eigenvalue weighted by atomic mass is 35.5. The maximum absolute atomic E-state index is 13.2. The van der Waals surface area contributed by atoms with Gasteiger partial charge in [-0.2, -0.15) is 0 Å². The van der Waals surface area contributed by atoms with E-state index in [2.05, 4.69) is 15.5 Å². The molecule has 0 spiro atoms. The summed E-state index contributed by atoms with van der Waals surface area (Å²) in [5.41, 5.74) is 1.32. The molecule has 0 radical (unpaired) electrons. The molecule has 0 aliphatic heterocycles. The van der Waals surface area contributed by atoms with E-state index in [0.717, 1.165) is 5.56 Å². The average molecular weight is 483 g/mol. The average Bonchev–Trinajstić information content (AvgIpc) is 3.18. The third kappa shape index (κ3) is 5.91. The Morgan fingerprint density at radius 2 is 1.76 bits per heavy atom. The fraction of sp³-hybridized carbons (Fsp3) is 0.125. The molecule has 9 heteroatoms. The summed E-state index contributed by atoms with van der Waals surface area (Å²) in [5.74, 6) is 0.657. The molecular weight excluding hydrogens is 463 g/mol. The molecule has 1 aromatic heterocycles. The largest absolute Gasteiger partial charge is 0.486 e. The van der Waals surface area contributed by atoms with Crippen LogP contribution in [0.15, 0.2) is 84.0 Å². The first-order chi connectivity index (χ1) is 16.0. The number of rotatable bonds is 8. The van der Waals surface area contributed by atoms with Gasteiger partial charge >= 0.3 is 0 Å². The predicted octanol–water partition coefficient (Wildman–Crippen LogP) is 5.66. The Balaban J connectivity index is 1.50. The van der Waals surface area contributed by atoms with Crippen molar-refractivity contribution in [2.75, 3.05) is 5.32 Å². The van der Waals surface area contributed by atoms with Crippen LogP contribution in [0.4, 0.5) is 10.1 Å². The highest BCUT2D eigenvalue weighted by Gasteiger charge is 2.25. The Kier molecular flexibility index (Phi) is 7.26. The van der Waals surface area contributed by atoms with Crippen LogP contribution >= 0.6 is 23.4 Å². The van der Waals surface area contributed by atoms with Gasteiger partial charge in [-0.1, -0.05) is 53.7 Å². The van der Waals surface area contributed by atoms with Gasteiger partial charge in [0.2, 0.25) is 5.91 Å². The molecule has 1 amide bonds. The number of nitrogens with zero attached hydrogens (tertiary/aromatic N) is 3. The van der Waals surface area contributed by atoms with Gasteiger partial charge in [-0.05, 0) is 54.1 Å². The van der Waals surface area contributed by atoms with Crippen LogP contribution in [0.5, 0.6) is 5.75 Å². The third-order valence-corrected chi connectivity index (χ3v) is 6.32. The molecule has 0 aliphatic rings. The van der Waals surface area contributed by atoms with Crippen LogP contribution < -0.4 is 10.1 Å². The maximum atomic E-state index is 13.2. The highest BCUT2D eigenvalue weighted by Crippen LogP contribution is 2.35. The zero-order chi connectivity index (χ0) is 23.2. The van der Waals surface area contributed by atoms with Gasteiger partial charge in [0.05, 0.1) is 0 Å². The van der Waals surface area contributed by atoms with E-state index in [-0.39, 0.29) is 18.3 Å². The van der Waals surface area contributed by atoms with Crippen molar-refractivity contribution in [2.24, 2.45) is 7.05 Å². The lowest BCUT2D eigenvalue weighted by molar-refractivity contribution is -0.115. The van der Waals surface area contributed by atoms with Crippen molar-refractivity contribution < 1.29 is 13.9 Å². The molecule has 33 heavy (non-hydrogen) atoms. The number of hydrogen-bond donors (Lipinski definition) is 1. The number of thioether (sulfide) groups is 1. The molecule has 1 atom stereocenters. The molecule has 1 heterocycles. The summed E-state index contributed by atoms with van der Waals surface area (Å²) in [5, 5.41) is 11.9. The van der Waals surface area contributed by atoms with Gasteiger partial charge in [-0.15, -0.1) is 10.2 Å². The fourth-order valence-electron chi connectivity index (χ4n) is 3.00. The summed E-state index contributed by atoms with van der Waals surface area (Å²) in [6.07, 6.45) is 0. The maximum Gasteiger partial charge on any atom is 0.242 e. The van der Waals surface area contributed by atoms with Crippen LogP contribution in [-0.2, 0) is 18.4 Å². The summed E-state index contributed by atoms with van der Waals surface area (Å²) in [4.78, 5) is 13.1. The van der Waals surface area contributed by atoms with E-state index in [1.165, 1.54) is 36.0 Å². The van der Waals surface area contributed by atoms with Gasteiger partial charge in [0.25, 0.3) is 0 Å². The number of anilines is 1. The lowest BCUT2D eigenvalue weighted by Crippen LogP contribution is -2.19.